The van der Waals surface area contributed by atoms with E-state index in [0.29, 0.717) is 0 Å². The molecule has 94 valence electrons. The van der Waals surface area contributed by atoms with Crippen LogP contribution in [0.15, 0.2) is 12.1 Å². The smallest absolute Gasteiger partial charge is 0.0585 e. The first-order valence-electron chi connectivity index (χ1n) is 6.36. The molecular weight excluding hydrogens is 212 g/mol. The molecule has 1 aromatic carbocycles. The van der Waals surface area contributed by atoms with Crippen molar-refractivity contribution in [3.63, 3.8) is 0 Å². The fraction of sp³-hybridized carbons (Fsp3) is 0.600. The van der Waals surface area contributed by atoms with Crippen molar-refractivity contribution in [1.29, 1.82) is 0 Å². The maximum absolute atomic E-state index is 9.02. The number of aliphatic hydroxyl groups is 1. The number of ether oxygens (including phenoxy) is 1. The Kier molecular flexibility index (Phi) is 3.55. The van der Waals surface area contributed by atoms with Crippen LogP contribution in [0.5, 0.6) is 0 Å². The van der Waals surface area contributed by atoms with Crippen molar-refractivity contribution < 1.29 is 9.84 Å². The number of benzene rings is 1. The summed E-state index contributed by atoms with van der Waals surface area (Å²) < 4.78 is 5.43. The Balaban J connectivity index is 2.34. The van der Waals surface area contributed by atoms with Gasteiger partial charge in [-0.3, -0.25) is 0 Å². The zero-order valence-electron chi connectivity index (χ0n) is 11.0. The van der Waals surface area contributed by atoms with Crippen molar-refractivity contribution in [2.45, 2.75) is 39.0 Å². The quantitative estimate of drug-likeness (QED) is 0.868. The Hall–Kier alpha value is -0.860. The first kappa shape index (κ1) is 12.6. The number of hydrogen-bond donors (Lipinski definition) is 1. The van der Waals surface area contributed by atoms with Crippen molar-refractivity contribution in [1.82, 2.24) is 0 Å². The largest absolute Gasteiger partial charge is 0.396 e. The fourth-order valence-corrected chi connectivity index (χ4v) is 2.73. The van der Waals surface area contributed by atoms with Gasteiger partial charge in [0.25, 0.3) is 0 Å². The van der Waals surface area contributed by atoms with E-state index in [4.69, 9.17) is 9.84 Å². The average Bonchev–Trinajstić information content (AvgIpc) is 2.27. The van der Waals surface area contributed by atoms with Crippen LogP contribution in [0.4, 0.5) is 0 Å². The van der Waals surface area contributed by atoms with E-state index in [2.05, 4.69) is 32.9 Å². The van der Waals surface area contributed by atoms with Gasteiger partial charge in [0.15, 0.2) is 0 Å². The highest BCUT2D eigenvalue weighted by Crippen LogP contribution is 2.39. The molecule has 0 aromatic heterocycles. The summed E-state index contributed by atoms with van der Waals surface area (Å²) >= 11 is 0. The highest BCUT2D eigenvalue weighted by atomic mass is 16.5. The summed E-state index contributed by atoms with van der Waals surface area (Å²) in [4.78, 5) is 0. The summed E-state index contributed by atoms with van der Waals surface area (Å²) in [5.41, 5.74) is 5.71. The molecule has 0 amide bonds. The predicted octanol–water partition coefficient (Wildman–Crippen LogP) is 2.65. The molecule has 2 rings (SSSR count). The standard InChI is InChI=1S/C15H22O2/c1-11-5-6-14(13(3)12(11)2)15(7-4-8-16)9-17-10-15/h5-6,16H,4,7-10H2,1-3H3. The lowest BCUT2D eigenvalue weighted by atomic mass is 9.72. The molecule has 1 heterocycles. The fourth-order valence-electron chi connectivity index (χ4n) is 2.73. The molecule has 17 heavy (non-hydrogen) atoms. The summed E-state index contributed by atoms with van der Waals surface area (Å²) in [7, 11) is 0. The van der Waals surface area contributed by atoms with E-state index in [1.165, 1.54) is 22.3 Å². The van der Waals surface area contributed by atoms with Crippen molar-refractivity contribution >= 4 is 0 Å². The zero-order valence-corrected chi connectivity index (χ0v) is 11.0. The summed E-state index contributed by atoms with van der Waals surface area (Å²) in [6, 6.07) is 4.45. The highest BCUT2D eigenvalue weighted by molar-refractivity contribution is 5.43. The van der Waals surface area contributed by atoms with Crippen LogP contribution in [0.3, 0.4) is 0 Å². The molecule has 0 saturated carbocycles. The van der Waals surface area contributed by atoms with Gasteiger partial charge >= 0.3 is 0 Å². The molecule has 1 saturated heterocycles. The van der Waals surface area contributed by atoms with Crippen LogP contribution in [0.1, 0.15) is 35.1 Å². The second-order valence-corrected chi connectivity index (χ2v) is 5.28. The Bertz CT molecular complexity index is 406. The van der Waals surface area contributed by atoms with Gasteiger partial charge in [0, 0.05) is 12.0 Å². The third-order valence-corrected chi connectivity index (χ3v) is 4.20. The van der Waals surface area contributed by atoms with E-state index in [1.807, 2.05) is 0 Å². The van der Waals surface area contributed by atoms with Crippen LogP contribution >= 0.6 is 0 Å². The molecule has 0 atom stereocenters. The van der Waals surface area contributed by atoms with E-state index in [-0.39, 0.29) is 12.0 Å². The zero-order chi connectivity index (χ0) is 12.5. The van der Waals surface area contributed by atoms with Crippen LogP contribution in [0.25, 0.3) is 0 Å². The van der Waals surface area contributed by atoms with Crippen LogP contribution in [-0.4, -0.2) is 24.9 Å². The molecule has 1 fully saturated rings. The highest BCUT2D eigenvalue weighted by Gasteiger charge is 2.40. The van der Waals surface area contributed by atoms with Gasteiger partial charge in [0.2, 0.25) is 0 Å². The Labute approximate surface area is 104 Å². The maximum atomic E-state index is 9.02. The monoisotopic (exact) mass is 234 g/mol. The summed E-state index contributed by atoms with van der Waals surface area (Å²) in [5, 5.41) is 9.02. The van der Waals surface area contributed by atoms with Crippen molar-refractivity contribution in [3.05, 3.63) is 34.4 Å². The van der Waals surface area contributed by atoms with Gasteiger partial charge in [-0.25, -0.2) is 0 Å². The normalized spacial score (nSPS) is 17.9. The molecule has 0 radical (unpaired) electrons. The van der Waals surface area contributed by atoms with Crippen molar-refractivity contribution in [2.75, 3.05) is 19.8 Å². The molecule has 0 spiro atoms. The van der Waals surface area contributed by atoms with Gasteiger partial charge in [-0.05, 0) is 55.9 Å². The minimum atomic E-state index is 0.158. The molecule has 2 heteroatoms. The Morgan fingerprint density at radius 2 is 1.88 bits per heavy atom. The van der Waals surface area contributed by atoms with Crippen molar-refractivity contribution in [2.24, 2.45) is 0 Å². The van der Waals surface area contributed by atoms with Crippen LogP contribution in [0, 0.1) is 20.8 Å². The third-order valence-electron chi connectivity index (χ3n) is 4.20. The van der Waals surface area contributed by atoms with Gasteiger partial charge in [-0.15, -0.1) is 0 Å². The topological polar surface area (TPSA) is 29.5 Å². The second-order valence-electron chi connectivity index (χ2n) is 5.28. The number of hydrogen-bond acceptors (Lipinski definition) is 2. The lowest BCUT2D eigenvalue weighted by molar-refractivity contribution is -0.0668. The van der Waals surface area contributed by atoms with Gasteiger partial charge in [-0.2, -0.15) is 0 Å². The van der Waals surface area contributed by atoms with Gasteiger partial charge in [-0.1, -0.05) is 12.1 Å². The molecule has 1 aromatic rings. The molecule has 1 aliphatic heterocycles. The van der Waals surface area contributed by atoms with Gasteiger partial charge in [0.05, 0.1) is 13.2 Å². The Morgan fingerprint density at radius 3 is 2.41 bits per heavy atom. The van der Waals surface area contributed by atoms with Crippen molar-refractivity contribution in [3.8, 4) is 0 Å². The minimum absolute atomic E-state index is 0.158. The number of aliphatic hydroxyl groups excluding tert-OH is 1. The third kappa shape index (κ3) is 2.12. The van der Waals surface area contributed by atoms with Crippen LogP contribution < -0.4 is 0 Å². The second kappa shape index (κ2) is 4.79. The SMILES string of the molecule is Cc1ccc(C2(CCCO)COC2)c(C)c1C. The van der Waals surface area contributed by atoms with E-state index >= 15 is 0 Å². The molecule has 0 unspecified atom stereocenters. The predicted molar refractivity (Wildman–Crippen MR) is 69.5 cm³/mol. The lowest BCUT2D eigenvalue weighted by Crippen LogP contribution is -2.47. The first-order valence-corrected chi connectivity index (χ1v) is 6.36. The van der Waals surface area contributed by atoms with E-state index < -0.39 is 0 Å². The summed E-state index contributed by atoms with van der Waals surface area (Å²) in [5.74, 6) is 0. The average molecular weight is 234 g/mol. The van der Waals surface area contributed by atoms with Gasteiger partial charge < -0.3 is 9.84 Å². The Morgan fingerprint density at radius 1 is 1.18 bits per heavy atom. The molecule has 1 aliphatic rings. The molecular formula is C15H22O2. The van der Waals surface area contributed by atoms with Crippen LogP contribution in [-0.2, 0) is 10.2 Å². The molecule has 1 N–H and O–H groups in total. The molecule has 0 bridgehead atoms. The van der Waals surface area contributed by atoms with E-state index in [1.54, 1.807) is 0 Å². The maximum Gasteiger partial charge on any atom is 0.0585 e. The first-order chi connectivity index (χ1) is 8.10. The molecule has 2 nitrogen and oxygen atoms in total. The number of rotatable bonds is 4. The summed E-state index contributed by atoms with van der Waals surface area (Å²) in [6.45, 7) is 8.42. The van der Waals surface area contributed by atoms with E-state index in [9.17, 15) is 0 Å². The minimum Gasteiger partial charge on any atom is -0.396 e. The van der Waals surface area contributed by atoms with E-state index in [0.717, 1.165) is 26.1 Å². The van der Waals surface area contributed by atoms with Gasteiger partial charge in [0.1, 0.15) is 0 Å². The van der Waals surface area contributed by atoms with Crippen LogP contribution in [0.2, 0.25) is 0 Å². The molecule has 0 aliphatic carbocycles. The number of aryl methyl sites for hydroxylation is 1. The lowest BCUT2D eigenvalue weighted by Gasteiger charge is -2.43. The summed E-state index contributed by atoms with van der Waals surface area (Å²) in [6.07, 6.45) is 1.88.